The molecule has 0 saturated carbocycles. The fourth-order valence-electron chi connectivity index (χ4n) is 2.44. The second-order valence-corrected chi connectivity index (χ2v) is 5.40. The largest absolute Gasteiger partial charge is 0.264 e. The lowest BCUT2D eigenvalue weighted by atomic mass is 9.96. The van der Waals surface area contributed by atoms with Gasteiger partial charge < -0.3 is 0 Å². The van der Waals surface area contributed by atoms with E-state index < -0.39 is 0 Å². The minimum atomic E-state index is 0.543. The third-order valence-corrected chi connectivity index (χ3v) is 3.80. The molecule has 92 valence electrons. The topological polar surface area (TPSA) is 36.7 Å². The van der Waals surface area contributed by atoms with Crippen molar-refractivity contribution in [2.24, 2.45) is 0 Å². The lowest BCUT2D eigenvalue weighted by molar-refractivity contribution is 1.02. The number of rotatable bonds is 2. The molecule has 1 heterocycles. The summed E-state index contributed by atoms with van der Waals surface area (Å²) in [6.45, 7) is 0. The second-order valence-electron chi connectivity index (χ2n) is 4.48. The molecule has 3 rings (SSSR count). The van der Waals surface area contributed by atoms with Gasteiger partial charge in [0, 0.05) is 28.7 Å². The summed E-state index contributed by atoms with van der Waals surface area (Å²) in [4.78, 5) is 4.22. The maximum Gasteiger partial charge on any atom is 0.0625 e. The first-order valence-corrected chi connectivity index (χ1v) is 6.91. The fraction of sp³-hybridized carbons (Fsp3) is 0.125. The molecule has 0 fully saturated rings. The zero-order valence-electron chi connectivity index (χ0n) is 10.2. The molecule has 0 spiro atoms. The van der Waals surface area contributed by atoms with Crippen LogP contribution < -0.4 is 0 Å². The number of aryl methyl sites for hydroxylation is 1. The zero-order valence-corrected chi connectivity index (χ0v) is 11.8. The van der Waals surface area contributed by atoms with E-state index in [1.165, 1.54) is 21.7 Å². The summed E-state index contributed by atoms with van der Waals surface area (Å²) in [6.07, 6.45) is 5.03. The summed E-state index contributed by atoms with van der Waals surface area (Å²) >= 11 is 3.52. The van der Waals surface area contributed by atoms with E-state index in [0.717, 1.165) is 16.3 Å². The van der Waals surface area contributed by atoms with E-state index in [2.05, 4.69) is 45.2 Å². The molecular formula is C16H11BrN2. The Bertz CT molecular complexity index is 803. The highest BCUT2D eigenvalue weighted by Crippen LogP contribution is 2.31. The number of fused-ring (bicyclic) bond motifs is 3. The maximum atomic E-state index is 8.79. The highest BCUT2D eigenvalue weighted by atomic mass is 79.9. The molecular weight excluding hydrogens is 300 g/mol. The molecule has 2 nitrogen and oxygen atoms in total. The van der Waals surface area contributed by atoms with Crippen LogP contribution in [-0.2, 0) is 6.42 Å². The van der Waals surface area contributed by atoms with Crippen LogP contribution in [0.15, 0.2) is 47.2 Å². The molecule has 0 aliphatic heterocycles. The van der Waals surface area contributed by atoms with Crippen LogP contribution in [0.5, 0.6) is 0 Å². The van der Waals surface area contributed by atoms with Crippen LogP contribution >= 0.6 is 15.9 Å². The molecule has 0 N–H and O–H groups in total. The summed E-state index contributed by atoms with van der Waals surface area (Å²) in [5.74, 6) is 0. The normalized spacial score (nSPS) is 10.7. The number of nitrogens with zero attached hydrogens (tertiary/aromatic N) is 2. The van der Waals surface area contributed by atoms with Crippen molar-refractivity contribution in [1.29, 1.82) is 5.26 Å². The number of pyridine rings is 1. The molecule has 0 aliphatic rings. The van der Waals surface area contributed by atoms with Gasteiger partial charge in [0.05, 0.1) is 6.07 Å². The molecule has 3 aromatic rings. The Kier molecular flexibility index (Phi) is 3.18. The maximum absolute atomic E-state index is 8.79. The van der Waals surface area contributed by atoms with Crippen LogP contribution in [0.1, 0.15) is 12.0 Å². The van der Waals surface area contributed by atoms with Gasteiger partial charge in [0.2, 0.25) is 0 Å². The first-order chi connectivity index (χ1) is 9.29. The molecule has 0 unspecified atom stereocenters. The summed E-state index contributed by atoms with van der Waals surface area (Å²) in [6, 6.07) is 12.7. The van der Waals surface area contributed by atoms with E-state index in [0.29, 0.717) is 6.42 Å². The average molecular weight is 311 g/mol. The Balaban J connectivity index is 2.38. The van der Waals surface area contributed by atoms with E-state index in [1.54, 1.807) is 6.20 Å². The number of hydrogen-bond acceptors (Lipinski definition) is 2. The van der Waals surface area contributed by atoms with Crippen molar-refractivity contribution in [3.63, 3.8) is 0 Å². The van der Waals surface area contributed by atoms with Gasteiger partial charge in [-0.15, -0.1) is 0 Å². The summed E-state index contributed by atoms with van der Waals surface area (Å²) in [7, 11) is 0. The van der Waals surface area contributed by atoms with Crippen molar-refractivity contribution >= 4 is 37.5 Å². The Labute approximate surface area is 119 Å². The molecule has 0 aliphatic carbocycles. The highest BCUT2D eigenvalue weighted by molar-refractivity contribution is 9.10. The third-order valence-electron chi connectivity index (χ3n) is 3.31. The predicted octanol–water partition coefficient (Wildman–Crippen LogP) is 4.61. The summed E-state index contributed by atoms with van der Waals surface area (Å²) in [5.41, 5.74) is 1.22. The lowest BCUT2D eigenvalue weighted by Gasteiger charge is -2.09. The standard InChI is InChI=1S/C16H11BrN2/c17-13-3-4-14-11(2-1-6-18)8-12-5-7-19-10-16(12)15(14)9-13/h3-5,7-10H,1-2H2. The summed E-state index contributed by atoms with van der Waals surface area (Å²) in [5, 5.41) is 13.5. The molecule has 0 radical (unpaired) electrons. The molecule has 1 aromatic heterocycles. The van der Waals surface area contributed by atoms with Gasteiger partial charge in [-0.05, 0) is 46.3 Å². The quantitative estimate of drug-likeness (QED) is 0.648. The van der Waals surface area contributed by atoms with Crippen LogP contribution in [0, 0.1) is 11.3 Å². The van der Waals surface area contributed by atoms with Crippen molar-refractivity contribution in [3.8, 4) is 6.07 Å². The first-order valence-electron chi connectivity index (χ1n) is 6.11. The van der Waals surface area contributed by atoms with Gasteiger partial charge in [0.15, 0.2) is 0 Å². The Morgan fingerprint density at radius 3 is 2.84 bits per heavy atom. The smallest absolute Gasteiger partial charge is 0.0625 e. The van der Waals surface area contributed by atoms with Crippen LogP contribution in [-0.4, -0.2) is 4.98 Å². The van der Waals surface area contributed by atoms with Gasteiger partial charge in [-0.1, -0.05) is 28.1 Å². The van der Waals surface area contributed by atoms with Crippen molar-refractivity contribution in [2.75, 3.05) is 0 Å². The van der Waals surface area contributed by atoms with Gasteiger partial charge in [0.25, 0.3) is 0 Å². The van der Waals surface area contributed by atoms with Gasteiger partial charge >= 0.3 is 0 Å². The molecule has 2 aromatic carbocycles. The average Bonchev–Trinajstić information content (AvgIpc) is 2.44. The summed E-state index contributed by atoms with van der Waals surface area (Å²) < 4.78 is 1.06. The van der Waals surface area contributed by atoms with Crippen LogP contribution in [0.25, 0.3) is 21.5 Å². The third kappa shape index (κ3) is 2.20. The Morgan fingerprint density at radius 1 is 1.11 bits per heavy atom. The van der Waals surface area contributed by atoms with E-state index in [-0.39, 0.29) is 0 Å². The van der Waals surface area contributed by atoms with Gasteiger partial charge in [-0.25, -0.2) is 0 Å². The monoisotopic (exact) mass is 310 g/mol. The van der Waals surface area contributed by atoms with Crippen molar-refractivity contribution in [2.45, 2.75) is 12.8 Å². The van der Waals surface area contributed by atoms with Gasteiger partial charge in [-0.2, -0.15) is 5.26 Å². The molecule has 0 amide bonds. The zero-order chi connectivity index (χ0) is 13.2. The van der Waals surface area contributed by atoms with Crippen molar-refractivity contribution in [1.82, 2.24) is 4.98 Å². The molecule has 3 heteroatoms. The molecule has 0 bridgehead atoms. The van der Waals surface area contributed by atoms with E-state index in [4.69, 9.17) is 5.26 Å². The van der Waals surface area contributed by atoms with Crippen LogP contribution in [0.2, 0.25) is 0 Å². The number of nitriles is 1. The Hall–Kier alpha value is -1.92. The van der Waals surface area contributed by atoms with E-state index in [1.807, 2.05) is 18.3 Å². The van der Waals surface area contributed by atoms with Crippen LogP contribution in [0.3, 0.4) is 0 Å². The highest BCUT2D eigenvalue weighted by Gasteiger charge is 2.07. The number of aromatic nitrogens is 1. The number of hydrogen-bond donors (Lipinski definition) is 0. The van der Waals surface area contributed by atoms with E-state index in [9.17, 15) is 0 Å². The number of benzene rings is 2. The SMILES string of the molecule is N#CCCc1cc2ccncc2c2cc(Br)ccc12. The van der Waals surface area contributed by atoms with Gasteiger partial charge in [-0.3, -0.25) is 4.98 Å². The second kappa shape index (κ2) is 4.99. The van der Waals surface area contributed by atoms with Gasteiger partial charge in [0.1, 0.15) is 0 Å². The minimum Gasteiger partial charge on any atom is -0.264 e. The van der Waals surface area contributed by atoms with Crippen molar-refractivity contribution in [3.05, 3.63) is 52.8 Å². The predicted molar refractivity (Wildman–Crippen MR) is 80.9 cm³/mol. The molecule has 19 heavy (non-hydrogen) atoms. The fourth-order valence-corrected chi connectivity index (χ4v) is 2.80. The molecule has 0 saturated heterocycles. The Morgan fingerprint density at radius 2 is 2.00 bits per heavy atom. The molecule has 0 atom stereocenters. The first kappa shape index (κ1) is 12.1. The minimum absolute atomic E-state index is 0.543. The van der Waals surface area contributed by atoms with E-state index >= 15 is 0 Å². The lowest BCUT2D eigenvalue weighted by Crippen LogP contribution is -1.89. The van der Waals surface area contributed by atoms with Crippen molar-refractivity contribution < 1.29 is 0 Å². The number of halogens is 1. The van der Waals surface area contributed by atoms with Crippen LogP contribution in [0.4, 0.5) is 0 Å².